The Balaban J connectivity index is 1.75. The van der Waals surface area contributed by atoms with Crippen LogP contribution in [0.15, 0.2) is 65.6 Å². The second-order valence-corrected chi connectivity index (χ2v) is 13.8. The molecular weight excluding hydrogens is 661 g/mol. The van der Waals surface area contributed by atoms with E-state index in [1.807, 2.05) is 6.92 Å². The lowest BCUT2D eigenvalue weighted by Crippen LogP contribution is -2.53. The van der Waals surface area contributed by atoms with E-state index in [4.69, 9.17) is 44.3 Å². The Bertz CT molecular complexity index is 1610. The van der Waals surface area contributed by atoms with Gasteiger partial charge in [0.2, 0.25) is 11.8 Å². The van der Waals surface area contributed by atoms with Gasteiger partial charge < -0.3 is 19.7 Å². The molecule has 1 fully saturated rings. The summed E-state index contributed by atoms with van der Waals surface area (Å²) in [6.45, 7) is 1.20. The third-order valence-corrected chi connectivity index (χ3v) is 10.5. The molecule has 1 saturated carbocycles. The van der Waals surface area contributed by atoms with Crippen molar-refractivity contribution in [2.75, 3.05) is 25.1 Å². The van der Waals surface area contributed by atoms with Crippen molar-refractivity contribution in [1.82, 2.24) is 10.2 Å². The monoisotopic (exact) mass is 695 g/mol. The summed E-state index contributed by atoms with van der Waals surface area (Å²) in [5, 5.41) is 4.12. The van der Waals surface area contributed by atoms with Crippen molar-refractivity contribution in [3.63, 3.8) is 0 Å². The zero-order chi connectivity index (χ0) is 32.7. The van der Waals surface area contributed by atoms with Crippen LogP contribution in [-0.4, -0.2) is 58.0 Å². The first kappa shape index (κ1) is 34.7. The number of sulfonamides is 1. The Morgan fingerprint density at radius 3 is 2.18 bits per heavy atom. The maximum atomic E-state index is 14.3. The fraction of sp³-hybridized carbons (Fsp3) is 0.375. The number of hydrogen-bond donors (Lipinski definition) is 1. The van der Waals surface area contributed by atoms with Crippen molar-refractivity contribution in [2.45, 2.75) is 62.6 Å². The van der Waals surface area contributed by atoms with Crippen molar-refractivity contribution in [3.05, 3.63) is 81.3 Å². The van der Waals surface area contributed by atoms with Crippen LogP contribution in [0.1, 0.15) is 44.6 Å². The second-order valence-electron chi connectivity index (χ2n) is 10.7. The molecule has 0 aliphatic heterocycles. The summed E-state index contributed by atoms with van der Waals surface area (Å²) >= 11 is 18.5. The molecule has 3 aromatic carbocycles. The first-order valence-electron chi connectivity index (χ1n) is 14.5. The highest BCUT2D eigenvalue weighted by atomic mass is 35.5. The van der Waals surface area contributed by atoms with Crippen LogP contribution in [0.3, 0.4) is 0 Å². The van der Waals surface area contributed by atoms with E-state index in [1.165, 1.54) is 61.6 Å². The normalized spacial score (nSPS) is 14.1. The summed E-state index contributed by atoms with van der Waals surface area (Å²) < 4.78 is 40.0. The van der Waals surface area contributed by atoms with Crippen LogP contribution in [0.4, 0.5) is 5.69 Å². The first-order chi connectivity index (χ1) is 21.5. The molecule has 1 N–H and O–H groups in total. The smallest absolute Gasteiger partial charge is 0.264 e. The minimum absolute atomic E-state index is 0.00280. The summed E-state index contributed by atoms with van der Waals surface area (Å²) in [5.41, 5.74) is 0.839. The van der Waals surface area contributed by atoms with Gasteiger partial charge in [-0.1, -0.05) is 60.6 Å². The Labute approximate surface area is 279 Å². The highest BCUT2D eigenvalue weighted by molar-refractivity contribution is 7.92. The molecule has 13 heteroatoms. The van der Waals surface area contributed by atoms with Gasteiger partial charge in [0.05, 0.1) is 34.8 Å². The number of nitrogens with one attached hydrogen (secondary N) is 1. The van der Waals surface area contributed by atoms with Gasteiger partial charge in [0.25, 0.3) is 10.0 Å². The van der Waals surface area contributed by atoms with E-state index >= 15 is 0 Å². The van der Waals surface area contributed by atoms with Crippen LogP contribution in [0.5, 0.6) is 11.5 Å². The van der Waals surface area contributed by atoms with Crippen LogP contribution in [0, 0.1) is 0 Å². The lowest BCUT2D eigenvalue weighted by molar-refractivity contribution is -0.140. The molecule has 0 heterocycles. The number of carbonyl (C=O) groups excluding carboxylic acids is 2. The van der Waals surface area contributed by atoms with Gasteiger partial charge in [-0.2, -0.15) is 0 Å². The number of nitrogens with zero attached hydrogens (tertiary/aromatic N) is 2. The molecule has 0 saturated heterocycles. The average molecular weight is 697 g/mol. The molecule has 1 aliphatic rings. The number of benzene rings is 3. The molecule has 1 aliphatic carbocycles. The second kappa shape index (κ2) is 15.4. The lowest BCUT2D eigenvalue weighted by Gasteiger charge is -2.34. The molecule has 0 unspecified atom stereocenters. The fourth-order valence-electron chi connectivity index (χ4n) is 5.36. The van der Waals surface area contributed by atoms with Crippen LogP contribution in [0.2, 0.25) is 15.1 Å². The zero-order valence-electron chi connectivity index (χ0n) is 25.3. The lowest BCUT2D eigenvalue weighted by atomic mass is 10.1. The summed E-state index contributed by atoms with van der Waals surface area (Å²) in [5.74, 6) is -0.332. The predicted molar refractivity (Wildman–Crippen MR) is 177 cm³/mol. The van der Waals surface area contributed by atoms with Gasteiger partial charge in [-0.15, -0.1) is 0 Å². The van der Waals surface area contributed by atoms with E-state index in [2.05, 4.69) is 5.32 Å². The molecule has 3 aromatic rings. The largest absolute Gasteiger partial charge is 0.493 e. The summed E-state index contributed by atoms with van der Waals surface area (Å²) in [4.78, 5) is 29.2. The number of amides is 2. The van der Waals surface area contributed by atoms with Gasteiger partial charge >= 0.3 is 0 Å². The van der Waals surface area contributed by atoms with Crippen molar-refractivity contribution in [1.29, 1.82) is 0 Å². The molecule has 242 valence electrons. The molecule has 4 rings (SSSR count). The predicted octanol–water partition coefficient (Wildman–Crippen LogP) is 6.73. The third kappa shape index (κ3) is 8.35. The SMILES string of the molecule is CC[C@H](C(=O)NC1CCCC1)N(Cc1ccc(Cl)c(Cl)c1)C(=O)CN(c1ccc(Cl)cc1)S(=O)(=O)c1ccc(OC)c(OC)c1. The first-order valence-corrected chi connectivity index (χ1v) is 17.1. The van der Waals surface area contributed by atoms with E-state index in [0.29, 0.717) is 32.8 Å². The number of rotatable bonds is 13. The van der Waals surface area contributed by atoms with Gasteiger partial charge in [0, 0.05) is 23.7 Å². The summed E-state index contributed by atoms with van der Waals surface area (Å²) in [6.07, 6.45) is 4.10. The summed E-state index contributed by atoms with van der Waals surface area (Å²) in [6, 6.07) is 14.4. The van der Waals surface area contributed by atoms with Gasteiger partial charge in [-0.3, -0.25) is 13.9 Å². The standard InChI is InChI=1S/C32H36Cl3N3O6S/c1-4-28(32(40)36-23-7-5-6-8-23)37(19-21-9-15-26(34)27(35)17-21)31(39)20-38(24-12-10-22(33)11-13-24)45(41,42)25-14-16-29(43-2)30(18-25)44-3/h9-18,23,28H,4-8,19-20H2,1-3H3,(H,36,40)/t28-/m1/s1. The molecule has 0 radical (unpaired) electrons. The Hall–Kier alpha value is -3.18. The van der Waals surface area contributed by atoms with Crippen molar-refractivity contribution in [2.24, 2.45) is 0 Å². The van der Waals surface area contributed by atoms with Crippen molar-refractivity contribution < 1.29 is 27.5 Å². The number of halogens is 3. The maximum absolute atomic E-state index is 14.3. The van der Waals surface area contributed by atoms with E-state index in [0.717, 1.165) is 30.0 Å². The van der Waals surface area contributed by atoms with Crippen molar-refractivity contribution >= 4 is 62.3 Å². The van der Waals surface area contributed by atoms with Crippen LogP contribution in [0.25, 0.3) is 0 Å². The molecule has 1 atom stereocenters. The van der Waals surface area contributed by atoms with E-state index in [-0.39, 0.29) is 34.8 Å². The number of methoxy groups -OCH3 is 2. The average Bonchev–Trinajstić information content (AvgIpc) is 3.54. The van der Waals surface area contributed by atoms with E-state index in [1.54, 1.807) is 18.2 Å². The number of ether oxygens (including phenoxy) is 2. The maximum Gasteiger partial charge on any atom is 0.264 e. The molecular formula is C32H36Cl3N3O6S. The molecule has 0 spiro atoms. The van der Waals surface area contributed by atoms with E-state index in [9.17, 15) is 18.0 Å². The van der Waals surface area contributed by atoms with Crippen LogP contribution in [-0.2, 0) is 26.2 Å². The van der Waals surface area contributed by atoms with Gasteiger partial charge in [-0.05, 0) is 73.4 Å². The summed E-state index contributed by atoms with van der Waals surface area (Å²) in [7, 11) is -1.50. The molecule has 45 heavy (non-hydrogen) atoms. The minimum atomic E-state index is -4.34. The van der Waals surface area contributed by atoms with Gasteiger partial charge in [-0.25, -0.2) is 8.42 Å². The van der Waals surface area contributed by atoms with Crippen LogP contribution < -0.4 is 19.1 Å². The Morgan fingerprint density at radius 1 is 0.911 bits per heavy atom. The minimum Gasteiger partial charge on any atom is -0.493 e. The topological polar surface area (TPSA) is 105 Å². The number of anilines is 1. The quantitative estimate of drug-likeness (QED) is 0.213. The molecule has 0 aromatic heterocycles. The Morgan fingerprint density at radius 2 is 1.58 bits per heavy atom. The highest BCUT2D eigenvalue weighted by Crippen LogP contribution is 2.33. The third-order valence-electron chi connectivity index (χ3n) is 7.76. The van der Waals surface area contributed by atoms with Crippen molar-refractivity contribution in [3.8, 4) is 11.5 Å². The highest BCUT2D eigenvalue weighted by Gasteiger charge is 2.35. The Kier molecular flexibility index (Phi) is 11.9. The molecule has 2 amide bonds. The number of hydrogen-bond acceptors (Lipinski definition) is 6. The van der Waals surface area contributed by atoms with E-state index < -0.39 is 28.5 Å². The van der Waals surface area contributed by atoms with Gasteiger partial charge in [0.15, 0.2) is 11.5 Å². The molecule has 9 nitrogen and oxygen atoms in total. The fourth-order valence-corrected chi connectivity index (χ4v) is 7.24. The zero-order valence-corrected chi connectivity index (χ0v) is 28.3. The molecule has 0 bridgehead atoms. The van der Waals surface area contributed by atoms with Gasteiger partial charge in [0.1, 0.15) is 12.6 Å². The number of carbonyl (C=O) groups is 2. The van der Waals surface area contributed by atoms with Crippen LogP contribution >= 0.6 is 34.8 Å².